The molecule has 0 radical (unpaired) electrons. The number of aromatic nitrogens is 2. The number of hydrogen-bond acceptors (Lipinski definition) is 4. The summed E-state index contributed by atoms with van der Waals surface area (Å²) in [6.45, 7) is 0.848. The highest BCUT2D eigenvalue weighted by Gasteiger charge is 2.27. The van der Waals surface area contributed by atoms with Crippen LogP contribution in [0.3, 0.4) is 0 Å². The molecule has 1 aliphatic heterocycles. The van der Waals surface area contributed by atoms with Crippen molar-refractivity contribution in [1.29, 1.82) is 0 Å². The van der Waals surface area contributed by atoms with Crippen LogP contribution in [0, 0.1) is 10.1 Å². The fourth-order valence-corrected chi connectivity index (χ4v) is 2.20. The number of nitro groups is 1. The second-order valence-corrected chi connectivity index (χ2v) is 4.27. The molecule has 2 rings (SSSR count). The van der Waals surface area contributed by atoms with E-state index in [0.29, 0.717) is 18.8 Å². The quantitative estimate of drug-likeness (QED) is 0.584. The smallest absolute Gasteiger partial charge is 0.331 e. The predicted octanol–water partition coefficient (Wildman–Crippen LogP) is 1.66. The summed E-state index contributed by atoms with van der Waals surface area (Å²) in [5.74, 6) is 0.402. The summed E-state index contributed by atoms with van der Waals surface area (Å²) in [5, 5.41) is 14.8. The largest absolute Gasteiger partial charge is 0.348 e. The lowest BCUT2D eigenvalue weighted by Crippen LogP contribution is -2.31. The SMILES string of the molecule is Cn1ncc([N+](=O)[O-])c1N1CCCCC(F)C1. The number of anilines is 1. The summed E-state index contributed by atoms with van der Waals surface area (Å²) in [5.41, 5.74) is -0.0541. The molecule has 0 amide bonds. The Balaban J connectivity index is 2.31. The van der Waals surface area contributed by atoms with Gasteiger partial charge >= 0.3 is 5.69 Å². The molecule has 1 aromatic rings. The Labute approximate surface area is 98.2 Å². The first kappa shape index (κ1) is 11.8. The van der Waals surface area contributed by atoms with Crippen LogP contribution in [0.15, 0.2) is 6.20 Å². The number of rotatable bonds is 2. The average molecular weight is 242 g/mol. The van der Waals surface area contributed by atoms with Gasteiger partial charge in [0.2, 0.25) is 5.82 Å². The van der Waals surface area contributed by atoms with E-state index in [1.54, 1.807) is 11.9 Å². The third-order valence-electron chi connectivity index (χ3n) is 3.00. The minimum absolute atomic E-state index is 0.0541. The van der Waals surface area contributed by atoms with Gasteiger partial charge in [-0.15, -0.1) is 0 Å². The van der Waals surface area contributed by atoms with Crippen LogP contribution < -0.4 is 4.90 Å². The molecule has 6 nitrogen and oxygen atoms in total. The molecule has 0 aliphatic carbocycles. The fourth-order valence-electron chi connectivity index (χ4n) is 2.20. The van der Waals surface area contributed by atoms with Crippen LogP contribution in [0.4, 0.5) is 15.9 Å². The molecule has 0 N–H and O–H groups in total. The number of nitrogens with zero attached hydrogens (tertiary/aromatic N) is 4. The number of hydrogen-bond donors (Lipinski definition) is 0. The van der Waals surface area contributed by atoms with Crippen molar-refractivity contribution in [2.75, 3.05) is 18.0 Å². The minimum Gasteiger partial charge on any atom is -0.348 e. The highest BCUT2D eigenvalue weighted by molar-refractivity contribution is 5.57. The summed E-state index contributed by atoms with van der Waals surface area (Å²) < 4.78 is 14.9. The molecule has 1 aromatic heterocycles. The van der Waals surface area contributed by atoms with Crippen molar-refractivity contribution in [3.05, 3.63) is 16.3 Å². The standard InChI is InChI=1S/C10H15FN4O2/c1-13-10(9(6-12-13)15(16)17)14-5-3-2-4-8(11)7-14/h6,8H,2-5,7H2,1H3. The maximum atomic E-state index is 13.5. The summed E-state index contributed by atoms with van der Waals surface area (Å²) in [7, 11) is 1.64. The Morgan fingerprint density at radius 1 is 1.59 bits per heavy atom. The highest BCUT2D eigenvalue weighted by atomic mass is 19.1. The molecule has 1 unspecified atom stereocenters. The lowest BCUT2D eigenvalue weighted by Gasteiger charge is -2.22. The Morgan fingerprint density at radius 2 is 2.35 bits per heavy atom. The lowest BCUT2D eigenvalue weighted by atomic mass is 10.2. The van der Waals surface area contributed by atoms with E-state index < -0.39 is 11.1 Å². The van der Waals surface area contributed by atoms with Crippen molar-refractivity contribution < 1.29 is 9.31 Å². The zero-order chi connectivity index (χ0) is 12.4. The molecule has 1 saturated heterocycles. The van der Waals surface area contributed by atoms with Crippen LogP contribution in [0.1, 0.15) is 19.3 Å². The van der Waals surface area contributed by atoms with Gasteiger partial charge in [0.25, 0.3) is 0 Å². The fraction of sp³-hybridized carbons (Fsp3) is 0.700. The van der Waals surface area contributed by atoms with E-state index in [-0.39, 0.29) is 12.2 Å². The first-order valence-electron chi connectivity index (χ1n) is 5.65. The zero-order valence-electron chi connectivity index (χ0n) is 9.67. The van der Waals surface area contributed by atoms with Crippen molar-refractivity contribution in [2.45, 2.75) is 25.4 Å². The first-order chi connectivity index (χ1) is 8.09. The molecule has 0 spiro atoms. The van der Waals surface area contributed by atoms with E-state index in [1.807, 2.05) is 0 Å². The van der Waals surface area contributed by atoms with Crippen molar-refractivity contribution in [2.24, 2.45) is 7.05 Å². The molecule has 0 bridgehead atoms. The van der Waals surface area contributed by atoms with Crippen LogP contribution in [0.2, 0.25) is 0 Å². The minimum atomic E-state index is -0.924. The lowest BCUT2D eigenvalue weighted by molar-refractivity contribution is -0.384. The Bertz CT molecular complexity index is 420. The van der Waals surface area contributed by atoms with Gasteiger partial charge in [0.1, 0.15) is 12.4 Å². The highest BCUT2D eigenvalue weighted by Crippen LogP contribution is 2.29. The van der Waals surface area contributed by atoms with Crippen LogP contribution in [-0.2, 0) is 7.05 Å². The summed E-state index contributed by atoms with van der Waals surface area (Å²) in [4.78, 5) is 12.1. The van der Waals surface area contributed by atoms with Gasteiger partial charge in [0.15, 0.2) is 0 Å². The molecular formula is C10H15FN4O2. The molecule has 2 heterocycles. The van der Waals surface area contributed by atoms with Gasteiger partial charge in [0, 0.05) is 13.6 Å². The van der Waals surface area contributed by atoms with Gasteiger partial charge in [0.05, 0.1) is 11.5 Å². The van der Waals surface area contributed by atoms with Crippen LogP contribution in [0.5, 0.6) is 0 Å². The number of alkyl halides is 1. The summed E-state index contributed by atoms with van der Waals surface area (Å²) in [6.07, 6.45) is 2.49. The summed E-state index contributed by atoms with van der Waals surface area (Å²) >= 11 is 0. The van der Waals surface area contributed by atoms with E-state index in [4.69, 9.17) is 0 Å². The normalized spacial score (nSPS) is 21.3. The zero-order valence-corrected chi connectivity index (χ0v) is 9.67. The van der Waals surface area contributed by atoms with E-state index in [9.17, 15) is 14.5 Å². The van der Waals surface area contributed by atoms with Crippen molar-refractivity contribution in [1.82, 2.24) is 9.78 Å². The third-order valence-corrected chi connectivity index (χ3v) is 3.00. The van der Waals surface area contributed by atoms with Gasteiger partial charge < -0.3 is 4.90 Å². The second kappa shape index (κ2) is 4.68. The molecule has 0 aromatic carbocycles. The topological polar surface area (TPSA) is 64.2 Å². The van der Waals surface area contributed by atoms with Gasteiger partial charge in [-0.25, -0.2) is 9.07 Å². The van der Waals surface area contributed by atoms with Crippen molar-refractivity contribution in [3.8, 4) is 0 Å². The second-order valence-electron chi connectivity index (χ2n) is 4.27. The molecule has 0 saturated carbocycles. The first-order valence-corrected chi connectivity index (χ1v) is 5.65. The molecule has 17 heavy (non-hydrogen) atoms. The Kier molecular flexibility index (Phi) is 3.26. The maximum absolute atomic E-state index is 13.5. The van der Waals surface area contributed by atoms with E-state index in [0.717, 1.165) is 12.8 Å². The van der Waals surface area contributed by atoms with Crippen molar-refractivity contribution in [3.63, 3.8) is 0 Å². The van der Waals surface area contributed by atoms with Gasteiger partial charge in [-0.3, -0.25) is 10.1 Å². The van der Waals surface area contributed by atoms with Crippen LogP contribution >= 0.6 is 0 Å². The van der Waals surface area contributed by atoms with E-state index in [2.05, 4.69) is 5.10 Å². The molecule has 94 valence electrons. The van der Waals surface area contributed by atoms with E-state index in [1.165, 1.54) is 10.9 Å². The van der Waals surface area contributed by atoms with Crippen LogP contribution in [0.25, 0.3) is 0 Å². The van der Waals surface area contributed by atoms with Crippen LogP contribution in [-0.4, -0.2) is 34.0 Å². The molecule has 1 fully saturated rings. The number of aryl methyl sites for hydroxylation is 1. The number of halogens is 1. The summed E-state index contributed by atoms with van der Waals surface area (Å²) in [6, 6.07) is 0. The van der Waals surface area contributed by atoms with Crippen molar-refractivity contribution >= 4 is 11.5 Å². The molecule has 1 atom stereocenters. The average Bonchev–Trinajstić information content (AvgIpc) is 2.52. The molecule has 7 heteroatoms. The predicted molar refractivity (Wildman–Crippen MR) is 60.8 cm³/mol. The Hall–Kier alpha value is -1.66. The molecule has 1 aliphatic rings. The monoisotopic (exact) mass is 242 g/mol. The maximum Gasteiger partial charge on any atom is 0.331 e. The van der Waals surface area contributed by atoms with Gasteiger partial charge in [-0.2, -0.15) is 5.10 Å². The third kappa shape index (κ3) is 2.37. The Morgan fingerprint density at radius 3 is 3.06 bits per heavy atom. The van der Waals surface area contributed by atoms with E-state index >= 15 is 0 Å². The molecular weight excluding hydrogens is 227 g/mol. The van der Waals surface area contributed by atoms with Gasteiger partial charge in [-0.05, 0) is 19.3 Å². The van der Waals surface area contributed by atoms with Gasteiger partial charge in [-0.1, -0.05) is 0 Å².